The van der Waals surface area contributed by atoms with E-state index in [1.165, 1.54) is 18.2 Å². The lowest BCUT2D eigenvalue weighted by molar-refractivity contribution is -0.146. The molecule has 92 valence electrons. The number of carbonyl (C=O) groups excluding carboxylic acids is 1. The predicted molar refractivity (Wildman–Crippen MR) is 66.6 cm³/mol. The fourth-order valence-electron chi connectivity index (χ4n) is 2.42. The molecule has 0 N–H and O–H groups in total. The zero-order valence-electron chi connectivity index (χ0n) is 10.5. The molecule has 0 aliphatic carbocycles. The largest absolute Gasteiger partial charge is 0.468 e. The highest BCUT2D eigenvalue weighted by molar-refractivity contribution is 5.75. The summed E-state index contributed by atoms with van der Waals surface area (Å²) in [7, 11) is 1.46. The van der Waals surface area contributed by atoms with Gasteiger partial charge in [-0.25, -0.2) is 0 Å². The van der Waals surface area contributed by atoms with Gasteiger partial charge in [0.1, 0.15) is 6.04 Å². The molecule has 0 amide bonds. The van der Waals surface area contributed by atoms with Gasteiger partial charge in [0.25, 0.3) is 0 Å². The quantitative estimate of drug-likeness (QED) is 0.749. The summed E-state index contributed by atoms with van der Waals surface area (Å²) in [6.45, 7) is 3.93. The Labute approximate surface area is 102 Å². The Morgan fingerprint density at radius 1 is 1.47 bits per heavy atom. The fourth-order valence-corrected chi connectivity index (χ4v) is 2.42. The molecule has 0 spiro atoms. The molecule has 1 fully saturated rings. The second-order valence-corrected chi connectivity index (χ2v) is 4.58. The van der Waals surface area contributed by atoms with Gasteiger partial charge in [-0.1, -0.05) is 24.3 Å². The maximum absolute atomic E-state index is 11.6. The highest BCUT2D eigenvalue weighted by atomic mass is 16.5. The average molecular weight is 233 g/mol. The summed E-state index contributed by atoms with van der Waals surface area (Å²) in [5.74, 6) is -0.101. The fraction of sp³-hybridized carbons (Fsp3) is 0.500. The van der Waals surface area contributed by atoms with Gasteiger partial charge in [0.2, 0.25) is 0 Å². The van der Waals surface area contributed by atoms with Crippen molar-refractivity contribution in [3.63, 3.8) is 0 Å². The second kappa shape index (κ2) is 5.32. The van der Waals surface area contributed by atoms with Crippen LogP contribution in [-0.4, -0.2) is 30.6 Å². The van der Waals surface area contributed by atoms with Gasteiger partial charge in [-0.05, 0) is 37.4 Å². The van der Waals surface area contributed by atoms with Gasteiger partial charge >= 0.3 is 5.97 Å². The van der Waals surface area contributed by atoms with Gasteiger partial charge in [0.15, 0.2) is 0 Å². The van der Waals surface area contributed by atoms with Crippen molar-refractivity contribution in [3.8, 4) is 0 Å². The van der Waals surface area contributed by atoms with Crippen LogP contribution in [0.15, 0.2) is 24.3 Å². The number of rotatable bonds is 3. The standard InChI is InChI=1S/C14H19NO2/c1-11-6-3-4-7-12(11)10-15-9-5-8-13(15)14(16)17-2/h3-4,6-7,13H,5,8-10H2,1-2H3/t13-/m0/s1. The number of hydrogen-bond acceptors (Lipinski definition) is 3. The zero-order chi connectivity index (χ0) is 12.3. The highest BCUT2D eigenvalue weighted by Gasteiger charge is 2.31. The first-order chi connectivity index (χ1) is 8.22. The molecular formula is C14H19NO2. The molecule has 1 heterocycles. The molecule has 17 heavy (non-hydrogen) atoms. The molecule has 3 nitrogen and oxygen atoms in total. The number of likely N-dealkylation sites (tertiary alicyclic amines) is 1. The number of benzene rings is 1. The summed E-state index contributed by atoms with van der Waals surface area (Å²) in [6, 6.07) is 8.27. The molecule has 1 aliphatic rings. The normalized spacial score (nSPS) is 20.5. The number of hydrogen-bond donors (Lipinski definition) is 0. The van der Waals surface area contributed by atoms with E-state index in [1.807, 2.05) is 12.1 Å². The Kier molecular flexibility index (Phi) is 3.79. The minimum Gasteiger partial charge on any atom is -0.468 e. The van der Waals surface area contributed by atoms with E-state index in [0.29, 0.717) is 0 Å². The van der Waals surface area contributed by atoms with Crippen LogP contribution in [0.4, 0.5) is 0 Å². The first kappa shape index (κ1) is 12.1. The van der Waals surface area contributed by atoms with Crippen molar-refractivity contribution in [2.45, 2.75) is 32.4 Å². The monoisotopic (exact) mass is 233 g/mol. The van der Waals surface area contributed by atoms with E-state index in [-0.39, 0.29) is 12.0 Å². The Bertz CT molecular complexity index is 403. The maximum atomic E-state index is 11.6. The number of ether oxygens (including phenoxy) is 1. The first-order valence-corrected chi connectivity index (χ1v) is 6.08. The van der Waals surface area contributed by atoms with Gasteiger partial charge in [-0.15, -0.1) is 0 Å². The van der Waals surface area contributed by atoms with Gasteiger partial charge < -0.3 is 4.74 Å². The molecule has 0 radical (unpaired) electrons. The lowest BCUT2D eigenvalue weighted by Crippen LogP contribution is -2.36. The molecule has 0 aromatic heterocycles. The second-order valence-electron chi connectivity index (χ2n) is 4.58. The summed E-state index contributed by atoms with van der Waals surface area (Å²) in [6.07, 6.45) is 1.99. The molecule has 0 unspecified atom stereocenters. The molecule has 2 rings (SSSR count). The Hall–Kier alpha value is -1.35. The third kappa shape index (κ3) is 2.67. The summed E-state index contributed by atoms with van der Waals surface area (Å²) < 4.78 is 4.85. The van der Waals surface area contributed by atoms with Crippen LogP contribution in [0.25, 0.3) is 0 Å². The van der Waals surface area contributed by atoms with Crippen molar-refractivity contribution in [2.24, 2.45) is 0 Å². The molecule has 0 bridgehead atoms. The average Bonchev–Trinajstić information content (AvgIpc) is 2.79. The van der Waals surface area contributed by atoms with E-state index in [9.17, 15) is 4.79 Å². The predicted octanol–water partition coefficient (Wildman–Crippen LogP) is 2.13. The lowest BCUT2D eigenvalue weighted by atomic mass is 10.1. The highest BCUT2D eigenvalue weighted by Crippen LogP contribution is 2.22. The SMILES string of the molecule is COC(=O)[C@@H]1CCCN1Cc1ccccc1C. The molecule has 1 saturated heterocycles. The van der Waals surface area contributed by atoms with Crippen molar-refractivity contribution < 1.29 is 9.53 Å². The van der Waals surface area contributed by atoms with Crippen molar-refractivity contribution in [1.29, 1.82) is 0 Å². The van der Waals surface area contributed by atoms with Gasteiger partial charge in [0.05, 0.1) is 7.11 Å². The molecule has 1 aromatic rings. The van der Waals surface area contributed by atoms with Gasteiger partial charge in [0, 0.05) is 6.54 Å². The van der Waals surface area contributed by atoms with Gasteiger partial charge in [-0.2, -0.15) is 0 Å². The molecule has 3 heteroatoms. The molecular weight excluding hydrogens is 214 g/mol. The molecule has 1 atom stereocenters. The smallest absolute Gasteiger partial charge is 0.323 e. The van der Waals surface area contributed by atoms with E-state index >= 15 is 0 Å². The van der Waals surface area contributed by atoms with Crippen LogP contribution in [-0.2, 0) is 16.1 Å². The van der Waals surface area contributed by atoms with E-state index in [4.69, 9.17) is 4.74 Å². The van der Waals surface area contributed by atoms with Crippen LogP contribution < -0.4 is 0 Å². The van der Waals surface area contributed by atoms with Crippen molar-refractivity contribution >= 4 is 5.97 Å². The third-order valence-electron chi connectivity index (χ3n) is 3.47. The summed E-state index contributed by atoms with van der Waals surface area (Å²) in [5.41, 5.74) is 2.58. The zero-order valence-corrected chi connectivity index (χ0v) is 10.5. The summed E-state index contributed by atoms with van der Waals surface area (Å²) in [5, 5.41) is 0. The number of esters is 1. The maximum Gasteiger partial charge on any atom is 0.323 e. The molecule has 1 aromatic carbocycles. The number of methoxy groups -OCH3 is 1. The van der Waals surface area contributed by atoms with E-state index in [2.05, 4.69) is 24.0 Å². The van der Waals surface area contributed by atoms with Crippen LogP contribution in [0.1, 0.15) is 24.0 Å². The lowest BCUT2D eigenvalue weighted by Gasteiger charge is -2.23. The summed E-state index contributed by atoms with van der Waals surface area (Å²) >= 11 is 0. The van der Waals surface area contributed by atoms with Crippen molar-refractivity contribution in [1.82, 2.24) is 4.90 Å². The van der Waals surface area contributed by atoms with Crippen LogP contribution >= 0.6 is 0 Å². The van der Waals surface area contributed by atoms with Crippen LogP contribution in [0.5, 0.6) is 0 Å². The Morgan fingerprint density at radius 2 is 2.24 bits per heavy atom. The van der Waals surface area contributed by atoms with Crippen LogP contribution in [0, 0.1) is 6.92 Å². The minimum absolute atomic E-state index is 0.0559. The van der Waals surface area contributed by atoms with Crippen molar-refractivity contribution in [3.05, 3.63) is 35.4 Å². The van der Waals surface area contributed by atoms with Crippen LogP contribution in [0.3, 0.4) is 0 Å². The third-order valence-corrected chi connectivity index (χ3v) is 3.47. The minimum atomic E-state index is -0.101. The van der Waals surface area contributed by atoms with Crippen molar-refractivity contribution in [2.75, 3.05) is 13.7 Å². The van der Waals surface area contributed by atoms with E-state index in [0.717, 1.165) is 25.9 Å². The number of aryl methyl sites for hydroxylation is 1. The summed E-state index contributed by atoms with van der Waals surface area (Å²) in [4.78, 5) is 13.9. The Morgan fingerprint density at radius 3 is 2.94 bits per heavy atom. The number of nitrogens with zero attached hydrogens (tertiary/aromatic N) is 1. The van der Waals surface area contributed by atoms with E-state index < -0.39 is 0 Å². The van der Waals surface area contributed by atoms with E-state index in [1.54, 1.807) is 0 Å². The van der Waals surface area contributed by atoms with Gasteiger partial charge in [-0.3, -0.25) is 9.69 Å². The molecule has 0 saturated carbocycles. The topological polar surface area (TPSA) is 29.5 Å². The molecule has 1 aliphatic heterocycles. The number of carbonyl (C=O) groups is 1. The Balaban J connectivity index is 2.08. The van der Waals surface area contributed by atoms with Crippen LogP contribution in [0.2, 0.25) is 0 Å². The first-order valence-electron chi connectivity index (χ1n) is 6.08.